The maximum Gasteiger partial charge on any atom is 0.332 e. The Kier molecular flexibility index (Phi) is 5.83. The third-order valence-electron chi connectivity index (χ3n) is 4.59. The zero-order valence-corrected chi connectivity index (χ0v) is 17.7. The number of imidazole rings is 1. The lowest BCUT2D eigenvalue weighted by molar-refractivity contribution is -0.121. The van der Waals surface area contributed by atoms with Crippen molar-refractivity contribution in [1.82, 2.24) is 24.0 Å². The number of aromatic nitrogens is 4. The largest absolute Gasteiger partial charge is 0.354 e. The summed E-state index contributed by atoms with van der Waals surface area (Å²) in [6.07, 6.45) is 0.450. The van der Waals surface area contributed by atoms with E-state index in [-0.39, 0.29) is 34.4 Å². The Balaban J connectivity index is 1.71. The summed E-state index contributed by atoms with van der Waals surface area (Å²) in [5.41, 5.74) is -0.200. The Bertz CT molecular complexity index is 1350. The molecule has 3 aromatic rings. The van der Waals surface area contributed by atoms with Crippen LogP contribution >= 0.6 is 11.6 Å². The monoisotopic (exact) mass is 454 g/mol. The number of amides is 1. The highest BCUT2D eigenvalue weighted by Gasteiger charge is 2.19. The number of carbonyl (C=O) groups is 1. The highest BCUT2D eigenvalue weighted by molar-refractivity contribution is 7.89. The molecule has 0 fully saturated rings. The summed E-state index contributed by atoms with van der Waals surface area (Å²) >= 11 is 6.09. The molecule has 0 aliphatic rings. The van der Waals surface area contributed by atoms with Gasteiger partial charge in [-0.25, -0.2) is 18.4 Å². The van der Waals surface area contributed by atoms with Crippen molar-refractivity contribution in [1.29, 1.82) is 0 Å². The minimum Gasteiger partial charge on any atom is -0.354 e. The molecule has 30 heavy (non-hydrogen) atoms. The van der Waals surface area contributed by atoms with Gasteiger partial charge in [0.2, 0.25) is 21.2 Å². The first-order valence-electron chi connectivity index (χ1n) is 8.71. The van der Waals surface area contributed by atoms with Gasteiger partial charge in [-0.2, -0.15) is 4.98 Å². The molecule has 0 saturated carbocycles. The summed E-state index contributed by atoms with van der Waals surface area (Å²) < 4.78 is 25.9. The number of primary sulfonamides is 1. The van der Waals surface area contributed by atoms with Crippen LogP contribution in [0.1, 0.15) is 5.56 Å². The van der Waals surface area contributed by atoms with Gasteiger partial charge in [-0.1, -0.05) is 12.1 Å². The Morgan fingerprint density at radius 2 is 1.80 bits per heavy atom. The van der Waals surface area contributed by atoms with Crippen LogP contribution in [0.5, 0.6) is 0 Å². The predicted molar refractivity (Wildman–Crippen MR) is 110 cm³/mol. The van der Waals surface area contributed by atoms with Gasteiger partial charge in [-0.3, -0.25) is 23.3 Å². The van der Waals surface area contributed by atoms with E-state index in [1.54, 1.807) is 12.1 Å². The number of hydrogen-bond acceptors (Lipinski definition) is 6. The van der Waals surface area contributed by atoms with E-state index in [0.717, 1.165) is 10.1 Å². The molecular weight excluding hydrogens is 436 g/mol. The van der Waals surface area contributed by atoms with Crippen molar-refractivity contribution in [2.75, 3.05) is 6.54 Å². The van der Waals surface area contributed by atoms with Crippen LogP contribution in [-0.2, 0) is 41.9 Å². The van der Waals surface area contributed by atoms with E-state index in [9.17, 15) is 22.8 Å². The molecule has 1 amide bonds. The summed E-state index contributed by atoms with van der Waals surface area (Å²) in [7, 11) is -0.969. The van der Waals surface area contributed by atoms with Crippen molar-refractivity contribution >= 4 is 38.7 Å². The van der Waals surface area contributed by atoms with Gasteiger partial charge in [0.15, 0.2) is 11.2 Å². The zero-order chi connectivity index (χ0) is 22.2. The average Bonchev–Trinajstić information content (AvgIpc) is 3.01. The Morgan fingerprint density at radius 1 is 1.17 bits per heavy atom. The number of nitrogens with zero attached hydrogens (tertiary/aromatic N) is 4. The maximum atomic E-state index is 12.5. The molecule has 0 saturated heterocycles. The molecule has 2 heterocycles. The van der Waals surface area contributed by atoms with Crippen LogP contribution in [0.15, 0.2) is 38.8 Å². The van der Waals surface area contributed by atoms with Crippen molar-refractivity contribution in [3.63, 3.8) is 0 Å². The second kappa shape index (κ2) is 8.05. The van der Waals surface area contributed by atoms with E-state index in [1.165, 1.54) is 35.4 Å². The number of aryl methyl sites for hydroxylation is 1. The van der Waals surface area contributed by atoms with Crippen LogP contribution in [0.2, 0.25) is 5.28 Å². The molecule has 1 aromatic carbocycles. The Hall–Kier alpha value is -2.96. The second-order valence-corrected chi connectivity index (χ2v) is 8.53. The van der Waals surface area contributed by atoms with Crippen LogP contribution in [0, 0.1) is 0 Å². The van der Waals surface area contributed by atoms with Gasteiger partial charge < -0.3 is 5.32 Å². The molecule has 0 atom stereocenters. The van der Waals surface area contributed by atoms with Gasteiger partial charge in [0.05, 0.1) is 4.90 Å². The van der Waals surface area contributed by atoms with E-state index >= 15 is 0 Å². The van der Waals surface area contributed by atoms with Crippen molar-refractivity contribution in [2.24, 2.45) is 19.2 Å². The summed E-state index contributed by atoms with van der Waals surface area (Å²) in [4.78, 5) is 40.8. The number of rotatable bonds is 6. The van der Waals surface area contributed by atoms with Crippen molar-refractivity contribution in [3.05, 3.63) is 56.0 Å². The molecule has 3 rings (SSSR count). The first kappa shape index (κ1) is 21.7. The fourth-order valence-electron chi connectivity index (χ4n) is 2.96. The molecule has 0 bridgehead atoms. The molecule has 0 unspecified atom stereocenters. The van der Waals surface area contributed by atoms with Crippen LogP contribution < -0.4 is 21.7 Å². The van der Waals surface area contributed by atoms with Crippen LogP contribution in [0.4, 0.5) is 0 Å². The summed E-state index contributed by atoms with van der Waals surface area (Å²) in [6.45, 7) is 0.0153. The minimum atomic E-state index is -3.76. The van der Waals surface area contributed by atoms with E-state index in [0.29, 0.717) is 6.42 Å². The lowest BCUT2D eigenvalue weighted by Crippen LogP contribution is -2.38. The van der Waals surface area contributed by atoms with Gasteiger partial charge in [0.25, 0.3) is 5.56 Å². The maximum absolute atomic E-state index is 12.5. The molecule has 3 N–H and O–H groups in total. The summed E-state index contributed by atoms with van der Waals surface area (Å²) in [5.74, 6) is -0.409. The highest BCUT2D eigenvalue weighted by Crippen LogP contribution is 2.15. The normalized spacial score (nSPS) is 11.7. The van der Waals surface area contributed by atoms with Crippen LogP contribution in [0.3, 0.4) is 0 Å². The van der Waals surface area contributed by atoms with Gasteiger partial charge in [-0.15, -0.1) is 0 Å². The number of halogens is 1. The number of hydrogen-bond donors (Lipinski definition) is 2. The van der Waals surface area contributed by atoms with E-state index in [1.807, 2.05) is 0 Å². The average molecular weight is 455 g/mol. The van der Waals surface area contributed by atoms with E-state index in [2.05, 4.69) is 10.3 Å². The van der Waals surface area contributed by atoms with Crippen LogP contribution in [0.25, 0.3) is 11.2 Å². The third-order valence-corrected chi connectivity index (χ3v) is 5.81. The number of sulfonamides is 1. The van der Waals surface area contributed by atoms with Crippen molar-refractivity contribution in [3.8, 4) is 0 Å². The smallest absolute Gasteiger partial charge is 0.332 e. The minimum absolute atomic E-state index is 0.00731. The topological polar surface area (TPSA) is 151 Å². The zero-order valence-electron chi connectivity index (χ0n) is 16.1. The number of nitrogens with two attached hydrogens (primary N) is 1. The lowest BCUT2D eigenvalue weighted by atomic mass is 10.1. The first-order valence-corrected chi connectivity index (χ1v) is 10.6. The first-order chi connectivity index (χ1) is 14.0. The molecule has 0 aliphatic heterocycles. The SMILES string of the molecule is Cn1c(=O)c2c(nc(Cl)n2CC(=O)NCCc2ccc(S(N)(=O)=O)cc2)n(C)c1=O. The second-order valence-electron chi connectivity index (χ2n) is 6.63. The van der Waals surface area contributed by atoms with Crippen molar-refractivity contribution < 1.29 is 13.2 Å². The molecule has 0 radical (unpaired) electrons. The molecular formula is C17H19ClN6O5S. The summed E-state index contributed by atoms with van der Waals surface area (Å²) in [5, 5.41) is 7.67. The standard InChI is InChI=1S/C17H19ClN6O5S/c1-22-14-13(15(26)23(2)17(22)27)24(16(18)21-14)9-12(25)20-8-7-10-3-5-11(6-4-10)30(19,28)29/h3-6H,7-9H2,1-2H3,(H,20,25)(H2,19,28,29). The van der Waals surface area contributed by atoms with Gasteiger partial charge in [0, 0.05) is 20.6 Å². The van der Waals surface area contributed by atoms with Gasteiger partial charge >= 0.3 is 5.69 Å². The third kappa shape index (κ3) is 4.15. The fourth-order valence-corrected chi connectivity index (χ4v) is 3.70. The van der Waals surface area contributed by atoms with Gasteiger partial charge in [-0.05, 0) is 35.7 Å². The Morgan fingerprint density at radius 3 is 2.40 bits per heavy atom. The molecule has 2 aromatic heterocycles. The number of nitrogens with one attached hydrogen (secondary N) is 1. The number of fused-ring (bicyclic) bond motifs is 1. The molecule has 11 nitrogen and oxygen atoms in total. The molecule has 160 valence electrons. The fraction of sp³-hybridized carbons (Fsp3) is 0.294. The quantitative estimate of drug-likeness (QED) is 0.460. The Labute approximate surface area is 175 Å². The number of benzene rings is 1. The molecule has 0 aliphatic carbocycles. The molecule has 13 heteroatoms. The van der Waals surface area contributed by atoms with Gasteiger partial charge in [0.1, 0.15) is 6.54 Å². The molecule has 0 spiro atoms. The summed E-state index contributed by atoms with van der Waals surface area (Å²) in [6, 6.07) is 6.00. The number of carbonyl (C=O) groups excluding carboxylic acids is 1. The van der Waals surface area contributed by atoms with E-state index in [4.69, 9.17) is 16.7 Å². The van der Waals surface area contributed by atoms with E-state index < -0.39 is 27.2 Å². The van der Waals surface area contributed by atoms with Crippen LogP contribution in [-0.4, -0.2) is 39.6 Å². The highest BCUT2D eigenvalue weighted by atomic mass is 35.5. The lowest BCUT2D eigenvalue weighted by Gasteiger charge is -2.09. The predicted octanol–water partition coefficient (Wildman–Crippen LogP) is -0.907. The van der Waals surface area contributed by atoms with Crippen molar-refractivity contribution in [2.45, 2.75) is 17.9 Å².